The second-order valence-corrected chi connectivity index (χ2v) is 3.78. The number of nitriles is 1. The number of hydrogen-bond donors (Lipinski definition) is 0. The van der Waals surface area contributed by atoms with E-state index < -0.39 is 0 Å². The molecule has 0 aromatic carbocycles. The van der Waals surface area contributed by atoms with Crippen LogP contribution in [-0.4, -0.2) is 0 Å². The van der Waals surface area contributed by atoms with Gasteiger partial charge in [0.25, 0.3) is 0 Å². The van der Waals surface area contributed by atoms with Gasteiger partial charge in [0.1, 0.15) is 0 Å². The van der Waals surface area contributed by atoms with Gasteiger partial charge in [-0.25, -0.2) is 0 Å². The van der Waals surface area contributed by atoms with Crippen molar-refractivity contribution in [1.29, 1.82) is 5.26 Å². The highest BCUT2D eigenvalue weighted by Gasteiger charge is 2.37. The van der Waals surface area contributed by atoms with Crippen molar-refractivity contribution in [1.82, 2.24) is 0 Å². The Balaban J connectivity index is 2.68. The largest absolute Gasteiger partial charge is 0.198 e. The van der Waals surface area contributed by atoms with E-state index in [9.17, 15) is 0 Å². The van der Waals surface area contributed by atoms with Gasteiger partial charge in [-0.1, -0.05) is 33.1 Å². The molecule has 1 unspecified atom stereocenters. The minimum Gasteiger partial charge on any atom is -0.198 e. The molecule has 0 aliphatic heterocycles. The van der Waals surface area contributed by atoms with E-state index in [2.05, 4.69) is 19.9 Å². The quantitative estimate of drug-likeness (QED) is 0.595. The van der Waals surface area contributed by atoms with Crippen molar-refractivity contribution in [3.8, 4) is 6.07 Å². The number of nitrogens with zero attached hydrogens (tertiary/aromatic N) is 1. The van der Waals surface area contributed by atoms with Crippen molar-refractivity contribution < 1.29 is 0 Å². The molecule has 0 bridgehead atoms. The standard InChI is InChI=1S/C10H17N/c1-3-9(2)10(8-11)6-4-5-7-10/h9H,3-7H2,1-2H3. The lowest BCUT2D eigenvalue weighted by Crippen LogP contribution is -2.22. The van der Waals surface area contributed by atoms with Crippen molar-refractivity contribution in [3.63, 3.8) is 0 Å². The molecule has 0 amide bonds. The lowest BCUT2D eigenvalue weighted by atomic mass is 9.75. The fourth-order valence-corrected chi connectivity index (χ4v) is 2.11. The fourth-order valence-electron chi connectivity index (χ4n) is 2.11. The Bertz CT molecular complexity index is 160. The molecule has 0 aromatic rings. The van der Waals surface area contributed by atoms with E-state index in [4.69, 9.17) is 5.26 Å². The highest BCUT2D eigenvalue weighted by Crippen LogP contribution is 2.44. The van der Waals surface area contributed by atoms with Crippen LogP contribution in [0.15, 0.2) is 0 Å². The Morgan fingerprint density at radius 2 is 2.00 bits per heavy atom. The first-order valence-corrected chi connectivity index (χ1v) is 4.66. The zero-order chi connectivity index (χ0) is 8.32. The maximum atomic E-state index is 9.07. The van der Waals surface area contributed by atoms with Gasteiger partial charge in [0.15, 0.2) is 0 Å². The summed E-state index contributed by atoms with van der Waals surface area (Å²) < 4.78 is 0. The molecule has 0 spiro atoms. The van der Waals surface area contributed by atoms with Crippen LogP contribution in [0.2, 0.25) is 0 Å². The lowest BCUT2D eigenvalue weighted by molar-refractivity contribution is 0.258. The Morgan fingerprint density at radius 3 is 2.36 bits per heavy atom. The second kappa shape index (κ2) is 3.26. The Kier molecular flexibility index (Phi) is 2.54. The minimum atomic E-state index is 0.0503. The van der Waals surface area contributed by atoms with Crippen LogP contribution in [0, 0.1) is 22.7 Å². The van der Waals surface area contributed by atoms with Crippen LogP contribution in [0.5, 0.6) is 0 Å². The van der Waals surface area contributed by atoms with Crippen molar-refractivity contribution in [3.05, 3.63) is 0 Å². The van der Waals surface area contributed by atoms with Crippen molar-refractivity contribution in [2.75, 3.05) is 0 Å². The first kappa shape index (κ1) is 8.59. The molecule has 0 radical (unpaired) electrons. The Hall–Kier alpha value is -0.510. The third-order valence-electron chi connectivity index (χ3n) is 3.27. The summed E-state index contributed by atoms with van der Waals surface area (Å²) in [6, 6.07) is 2.53. The Labute approximate surface area is 69.4 Å². The van der Waals surface area contributed by atoms with Crippen LogP contribution in [0.3, 0.4) is 0 Å². The molecule has 0 aromatic heterocycles. The van der Waals surface area contributed by atoms with Gasteiger partial charge in [-0.15, -0.1) is 0 Å². The molecule has 1 heteroatoms. The third kappa shape index (κ3) is 1.40. The summed E-state index contributed by atoms with van der Waals surface area (Å²) in [6.45, 7) is 4.40. The highest BCUT2D eigenvalue weighted by molar-refractivity contribution is 5.04. The first-order chi connectivity index (χ1) is 5.25. The van der Waals surface area contributed by atoms with Crippen LogP contribution in [-0.2, 0) is 0 Å². The van der Waals surface area contributed by atoms with E-state index in [1.165, 1.54) is 12.8 Å². The van der Waals surface area contributed by atoms with E-state index in [1.54, 1.807) is 0 Å². The summed E-state index contributed by atoms with van der Waals surface area (Å²) in [7, 11) is 0. The average molecular weight is 151 g/mol. The number of rotatable bonds is 2. The SMILES string of the molecule is CCC(C)C1(C#N)CCCC1. The normalized spacial score (nSPS) is 24.5. The zero-order valence-corrected chi connectivity index (χ0v) is 7.56. The average Bonchev–Trinajstić information content (AvgIpc) is 2.52. The monoisotopic (exact) mass is 151 g/mol. The predicted molar refractivity (Wildman–Crippen MR) is 46.0 cm³/mol. The van der Waals surface area contributed by atoms with Gasteiger partial charge < -0.3 is 0 Å². The molecule has 11 heavy (non-hydrogen) atoms. The number of hydrogen-bond acceptors (Lipinski definition) is 1. The molecule has 0 N–H and O–H groups in total. The zero-order valence-electron chi connectivity index (χ0n) is 7.56. The van der Waals surface area contributed by atoms with E-state index in [-0.39, 0.29) is 5.41 Å². The van der Waals surface area contributed by atoms with E-state index in [0.29, 0.717) is 5.92 Å². The van der Waals surface area contributed by atoms with Crippen molar-refractivity contribution >= 4 is 0 Å². The molecular weight excluding hydrogens is 134 g/mol. The summed E-state index contributed by atoms with van der Waals surface area (Å²) in [5, 5.41) is 9.07. The smallest absolute Gasteiger partial charge is 0.0692 e. The van der Waals surface area contributed by atoms with Crippen LogP contribution >= 0.6 is 0 Å². The van der Waals surface area contributed by atoms with Crippen molar-refractivity contribution in [2.45, 2.75) is 46.0 Å². The molecule has 1 aliphatic rings. The summed E-state index contributed by atoms with van der Waals surface area (Å²) in [5.74, 6) is 0.593. The molecule has 1 aliphatic carbocycles. The summed E-state index contributed by atoms with van der Waals surface area (Å²) in [4.78, 5) is 0. The molecule has 1 atom stereocenters. The summed E-state index contributed by atoms with van der Waals surface area (Å²) in [5.41, 5.74) is 0.0503. The molecule has 1 rings (SSSR count). The van der Waals surface area contributed by atoms with Gasteiger partial charge in [0.05, 0.1) is 11.5 Å². The Morgan fingerprint density at radius 1 is 1.45 bits per heavy atom. The summed E-state index contributed by atoms with van der Waals surface area (Å²) >= 11 is 0. The van der Waals surface area contributed by atoms with Crippen LogP contribution in [0.25, 0.3) is 0 Å². The molecule has 62 valence electrons. The van der Waals surface area contributed by atoms with E-state index in [0.717, 1.165) is 19.3 Å². The molecule has 0 saturated heterocycles. The second-order valence-electron chi connectivity index (χ2n) is 3.78. The van der Waals surface area contributed by atoms with Crippen LogP contribution in [0.4, 0.5) is 0 Å². The highest BCUT2D eigenvalue weighted by atomic mass is 14.4. The van der Waals surface area contributed by atoms with Crippen molar-refractivity contribution in [2.24, 2.45) is 11.3 Å². The van der Waals surface area contributed by atoms with Gasteiger partial charge >= 0.3 is 0 Å². The van der Waals surface area contributed by atoms with Gasteiger partial charge in [0, 0.05) is 0 Å². The molecule has 1 nitrogen and oxygen atoms in total. The molecule has 1 fully saturated rings. The van der Waals surface area contributed by atoms with Gasteiger partial charge in [-0.3, -0.25) is 0 Å². The van der Waals surface area contributed by atoms with Crippen LogP contribution < -0.4 is 0 Å². The first-order valence-electron chi connectivity index (χ1n) is 4.66. The maximum absolute atomic E-state index is 9.07. The van der Waals surface area contributed by atoms with E-state index in [1.807, 2.05) is 0 Å². The predicted octanol–water partition coefficient (Wildman–Crippen LogP) is 3.12. The maximum Gasteiger partial charge on any atom is 0.0692 e. The van der Waals surface area contributed by atoms with Gasteiger partial charge in [0.2, 0.25) is 0 Å². The minimum absolute atomic E-state index is 0.0503. The fraction of sp³-hybridized carbons (Fsp3) is 0.900. The molecule has 0 heterocycles. The third-order valence-corrected chi connectivity index (χ3v) is 3.27. The van der Waals surface area contributed by atoms with Crippen LogP contribution in [0.1, 0.15) is 46.0 Å². The van der Waals surface area contributed by atoms with Gasteiger partial charge in [-0.2, -0.15) is 5.26 Å². The molecular formula is C10H17N. The topological polar surface area (TPSA) is 23.8 Å². The van der Waals surface area contributed by atoms with E-state index >= 15 is 0 Å². The summed E-state index contributed by atoms with van der Waals surface area (Å²) in [6.07, 6.45) is 5.94. The molecule has 1 saturated carbocycles. The van der Waals surface area contributed by atoms with Gasteiger partial charge in [-0.05, 0) is 18.8 Å². The lowest BCUT2D eigenvalue weighted by Gasteiger charge is -2.26.